The summed E-state index contributed by atoms with van der Waals surface area (Å²) in [6.07, 6.45) is 0. The highest BCUT2D eigenvalue weighted by Crippen LogP contribution is 2.29. The van der Waals surface area contributed by atoms with Crippen molar-refractivity contribution in [1.82, 2.24) is 10.3 Å². The summed E-state index contributed by atoms with van der Waals surface area (Å²) in [7, 11) is 1.58. The van der Waals surface area contributed by atoms with E-state index in [1.165, 1.54) is 0 Å². The number of hydrogen-bond acceptors (Lipinski definition) is 5. The summed E-state index contributed by atoms with van der Waals surface area (Å²) in [5.41, 5.74) is 1.55. The Morgan fingerprint density at radius 3 is 2.88 bits per heavy atom. The lowest BCUT2D eigenvalue weighted by Gasteiger charge is -2.08. The number of carbonyl (C=O) groups is 1. The van der Waals surface area contributed by atoms with Gasteiger partial charge in [-0.1, -0.05) is 0 Å². The average molecular weight is 423 g/mol. The molecule has 1 N–H and O–H groups in total. The number of aryl methyl sites for hydroxylation is 1. The van der Waals surface area contributed by atoms with E-state index in [2.05, 4.69) is 31.6 Å². The molecule has 0 spiro atoms. The Balaban J connectivity index is 1.68. The summed E-state index contributed by atoms with van der Waals surface area (Å²) in [6.45, 7) is 2.48. The summed E-state index contributed by atoms with van der Waals surface area (Å²) in [4.78, 5) is 19.1. The lowest BCUT2D eigenvalue weighted by atomic mass is 10.2. The Labute approximate surface area is 156 Å². The van der Waals surface area contributed by atoms with Crippen LogP contribution in [0.4, 0.5) is 0 Å². The maximum atomic E-state index is 12.4. The first-order valence-corrected chi connectivity index (χ1v) is 9.68. The SMILES string of the molecule is COc1ccc(Br)c(C(=O)NCc2ccc(-c3csc(C)n3)s2)c1. The van der Waals surface area contributed by atoms with Crippen LogP contribution in [-0.2, 0) is 6.54 Å². The van der Waals surface area contributed by atoms with Gasteiger partial charge < -0.3 is 10.1 Å². The highest BCUT2D eigenvalue weighted by atomic mass is 79.9. The van der Waals surface area contributed by atoms with E-state index in [0.29, 0.717) is 17.9 Å². The molecule has 0 saturated heterocycles. The van der Waals surface area contributed by atoms with Gasteiger partial charge in [0.05, 0.1) is 34.8 Å². The van der Waals surface area contributed by atoms with E-state index >= 15 is 0 Å². The summed E-state index contributed by atoms with van der Waals surface area (Å²) in [5.74, 6) is 0.515. The number of rotatable bonds is 5. The molecule has 124 valence electrons. The van der Waals surface area contributed by atoms with Crippen LogP contribution < -0.4 is 10.1 Å². The monoisotopic (exact) mass is 422 g/mol. The molecule has 0 aliphatic rings. The summed E-state index contributed by atoms with van der Waals surface area (Å²) in [5, 5.41) is 6.05. The summed E-state index contributed by atoms with van der Waals surface area (Å²) in [6, 6.07) is 9.40. The number of ether oxygens (including phenoxy) is 1. The molecule has 0 bridgehead atoms. The second-order valence-electron chi connectivity index (χ2n) is 5.05. The van der Waals surface area contributed by atoms with Crippen LogP contribution in [0.25, 0.3) is 10.6 Å². The van der Waals surface area contributed by atoms with Crippen LogP contribution in [-0.4, -0.2) is 18.0 Å². The molecule has 3 aromatic rings. The smallest absolute Gasteiger partial charge is 0.252 e. The summed E-state index contributed by atoms with van der Waals surface area (Å²) >= 11 is 6.68. The van der Waals surface area contributed by atoms with E-state index in [-0.39, 0.29) is 5.91 Å². The number of carbonyl (C=O) groups excluding carboxylic acids is 1. The number of aromatic nitrogens is 1. The molecule has 0 aliphatic heterocycles. The van der Waals surface area contributed by atoms with Crippen LogP contribution >= 0.6 is 38.6 Å². The van der Waals surface area contributed by atoms with E-state index in [9.17, 15) is 4.79 Å². The van der Waals surface area contributed by atoms with E-state index in [1.807, 2.05) is 31.2 Å². The number of thiazole rings is 1. The maximum Gasteiger partial charge on any atom is 0.252 e. The summed E-state index contributed by atoms with van der Waals surface area (Å²) < 4.78 is 5.91. The lowest BCUT2D eigenvalue weighted by Crippen LogP contribution is -2.22. The van der Waals surface area contributed by atoms with Crippen molar-refractivity contribution in [1.29, 1.82) is 0 Å². The third kappa shape index (κ3) is 3.85. The zero-order valence-corrected chi connectivity index (χ0v) is 16.3. The van der Waals surface area contributed by atoms with Crippen LogP contribution in [0, 0.1) is 6.92 Å². The molecule has 0 aliphatic carbocycles. The molecule has 2 heterocycles. The van der Waals surface area contributed by atoms with Gasteiger partial charge in [0.2, 0.25) is 0 Å². The minimum Gasteiger partial charge on any atom is -0.497 e. The predicted octanol–water partition coefficient (Wildman–Crippen LogP) is 4.88. The molecule has 7 heteroatoms. The second-order valence-corrected chi connectivity index (χ2v) is 8.13. The molecule has 0 radical (unpaired) electrons. The van der Waals surface area contributed by atoms with Gasteiger partial charge in [-0.2, -0.15) is 0 Å². The molecule has 1 amide bonds. The van der Waals surface area contributed by atoms with Gasteiger partial charge in [-0.05, 0) is 53.2 Å². The normalized spacial score (nSPS) is 10.6. The highest BCUT2D eigenvalue weighted by Gasteiger charge is 2.12. The third-order valence-electron chi connectivity index (χ3n) is 3.37. The molecular formula is C17H15BrN2O2S2. The van der Waals surface area contributed by atoms with Gasteiger partial charge in [0.15, 0.2) is 0 Å². The fourth-order valence-electron chi connectivity index (χ4n) is 2.16. The van der Waals surface area contributed by atoms with Crippen molar-refractivity contribution in [3.63, 3.8) is 0 Å². The molecule has 0 fully saturated rings. The molecule has 0 unspecified atom stereocenters. The Bertz CT molecular complexity index is 873. The average Bonchev–Trinajstić information content (AvgIpc) is 3.22. The molecule has 24 heavy (non-hydrogen) atoms. The van der Waals surface area contributed by atoms with Crippen molar-refractivity contribution in [3.05, 3.63) is 55.6 Å². The van der Waals surface area contributed by atoms with Gasteiger partial charge in [-0.25, -0.2) is 4.98 Å². The van der Waals surface area contributed by atoms with Crippen LogP contribution in [0.1, 0.15) is 20.2 Å². The number of methoxy groups -OCH3 is 1. The van der Waals surface area contributed by atoms with E-state index in [0.717, 1.165) is 24.9 Å². The number of thiophene rings is 1. The van der Waals surface area contributed by atoms with Crippen molar-refractivity contribution < 1.29 is 9.53 Å². The zero-order chi connectivity index (χ0) is 17.1. The van der Waals surface area contributed by atoms with E-state index in [1.54, 1.807) is 35.8 Å². The van der Waals surface area contributed by atoms with Gasteiger partial charge in [0.1, 0.15) is 5.75 Å². The Morgan fingerprint density at radius 1 is 1.33 bits per heavy atom. The Hall–Kier alpha value is -1.70. The number of amides is 1. The van der Waals surface area contributed by atoms with E-state index < -0.39 is 0 Å². The topological polar surface area (TPSA) is 51.2 Å². The molecule has 0 saturated carbocycles. The van der Waals surface area contributed by atoms with Crippen molar-refractivity contribution in [2.45, 2.75) is 13.5 Å². The second kappa shape index (κ2) is 7.46. The van der Waals surface area contributed by atoms with Crippen molar-refractivity contribution in [3.8, 4) is 16.3 Å². The Kier molecular flexibility index (Phi) is 5.33. The van der Waals surface area contributed by atoms with Crippen molar-refractivity contribution in [2.75, 3.05) is 7.11 Å². The van der Waals surface area contributed by atoms with Crippen LogP contribution in [0.5, 0.6) is 5.75 Å². The number of benzene rings is 1. The predicted molar refractivity (Wildman–Crippen MR) is 102 cm³/mol. The molecule has 3 rings (SSSR count). The molecule has 4 nitrogen and oxygen atoms in total. The van der Waals surface area contributed by atoms with Crippen LogP contribution in [0.3, 0.4) is 0 Å². The minimum atomic E-state index is -0.139. The van der Waals surface area contributed by atoms with Crippen LogP contribution in [0.2, 0.25) is 0 Å². The molecule has 1 aromatic carbocycles. The maximum absolute atomic E-state index is 12.4. The van der Waals surface area contributed by atoms with Gasteiger partial charge in [0, 0.05) is 14.7 Å². The standard InChI is InChI=1S/C17H15BrN2O2S2/c1-10-20-15(9-23-10)16-6-4-12(24-16)8-19-17(21)13-7-11(22-2)3-5-14(13)18/h3-7,9H,8H2,1-2H3,(H,19,21). The number of hydrogen-bond donors (Lipinski definition) is 1. The van der Waals surface area contributed by atoms with Crippen LogP contribution in [0.15, 0.2) is 40.2 Å². The first-order chi connectivity index (χ1) is 11.6. The van der Waals surface area contributed by atoms with Gasteiger partial charge in [-0.3, -0.25) is 4.79 Å². The van der Waals surface area contributed by atoms with Gasteiger partial charge in [0.25, 0.3) is 5.91 Å². The quantitative estimate of drug-likeness (QED) is 0.637. The fraction of sp³-hybridized carbons (Fsp3) is 0.176. The molecular weight excluding hydrogens is 408 g/mol. The number of halogens is 1. The van der Waals surface area contributed by atoms with E-state index in [4.69, 9.17) is 4.74 Å². The first kappa shape index (κ1) is 17.1. The zero-order valence-electron chi connectivity index (χ0n) is 13.1. The molecule has 0 atom stereocenters. The highest BCUT2D eigenvalue weighted by molar-refractivity contribution is 9.10. The first-order valence-electron chi connectivity index (χ1n) is 7.20. The van der Waals surface area contributed by atoms with Crippen molar-refractivity contribution >= 4 is 44.5 Å². The Morgan fingerprint density at radius 2 is 2.17 bits per heavy atom. The fourth-order valence-corrected chi connectivity index (χ4v) is 4.18. The third-order valence-corrected chi connectivity index (χ3v) is 5.95. The molecule has 2 aromatic heterocycles. The van der Waals surface area contributed by atoms with Gasteiger partial charge >= 0.3 is 0 Å². The lowest BCUT2D eigenvalue weighted by molar-refractivity contribution is 0.0950. The minimum absolute atomic E-state index is 0.139. The number of nitrogens with zero attached hydrogens (tertiary/aromatic N) is 1. The largest absolute Gasteiger partial charge is 0.497 e. The van der Waals surface area contributed by atoms with Crippen molar-refractivity contribution in [2.24, 2.45) is 0 Å². The number of nitrogens with one attached hydrogen (secondary N) is 1. The van der Waals surface area contributed by atoms with Gasteiger partial charge in [-0.15, -0.1) is 22.7 Å².